The zero-order valence-electron chi connectivity index (χ0n) is 5.96. The molecule has 3 N–H and O–H groups in total. The number of rotatable bonds is 0. The normalized spacial score (nSPS) is 5.25. The third kappa shape index (κ3) is 4560. The van der Waals surface area contributed by atoms with E-state index in [4.69, 9.17) is 20.1 Å². The monoisotopic (exact) mass is 116 g/mol. The molecule has 0 saturated heterocycles. The van der Waals surface area contributed by atoms with Gasteiger partial charge in [0, 0.05) is 6.61 Å². The Morgan fingerprint density at radius 3 is 1.62 bits per heavy atom. The Kier molecular flexibility index (Phi) is 31.0. The fourth-order valence-electron chi connectivity index (χ4n) is 0. The van der Waals surface area contributed by atoms with Gasteiger partial charge < -0.3 is 16.7 Å². The van der Waals surface area contributed by atoms with Gasteiger partial charge in [0.15, 0.2) is 0 Å². The van der Waals surface area contributed by atoms with Gasteiger partial charge in [0.25, 0.3) is 0 Å². The van der Waals surface area contributed by atoms with E-state index in [2.05, 4.69) is 0 Å². The molecule has 5 heteroatoms. The van der Waals surface area contributed by atoms with E-state index < -0.39 is 6.16 Å². The third-order valence-electron chi connectivity index (χ3n) is 0. The van der Waals surface area contributed by atoms with E-state index in [1.165, 1.54) is 0 Å². The number of hydrogen-bond acceptors (Lipinski definition) is 2. The van der Waals surface area contributed by atoms with Crippen molar-refractivity contribution in [3.05, 3.63) is 0 Å². The first-order chi connectivity index (χ1) is 3.15. The van der Waals surface area contributed by atoms with Crippen LogP contribution < -0.4 is 18.9 Å². The molecule has 0 saturated carbocycles. The summed E-state index contributed by atoms with van der Waals surface area (Å²) < 4.78 is 0. The molecule has 0 rings (SSSR count). The van der Waals surface area contributed by atoms with Crippen LogP contribution in [0.15, 0.2) is 0 Å². The molecule has 0 aromatic carbocycles. The van der Waals surface area contributed by atoms with Crippen molar-refractivity contribution in [3.8, 4) is 0 Å². The molecule has 0 heterocycles. The Morgan fingerprint density at radius 2 is 1.62 bits per heavy atom. The SMILES string of the molecule is CCO.O=C(O)O.[H-].[Li+]. The van der Waals surface area contributed by atoms with E-state index in [-0.39, 0.29) is 26.9 Å². The minimum Gasteiger partial charge on any atom is -1.00 e. The molecule has 0 spiro atoms. The van der Waals surface area contributed by atoms with Gasteiger partial charge in [-0.2, -0.15) is 0 Å². The van der Waals surface area contributed by atoms with Crippen LogP contribution in [0.2, 0.25) is 0 Å². The van der Waals surface area contributed by atoms with Crippen LogP contribution in [0.1, 0.15) is 8.35 Å². The molecule has 0 aromatic rings. The number of hydrogen-bond donors (Lipinski definition) is 3. The minimum absolute atomic E-state index is 0. The van der Waals surface area contributed by atoms with Crippen LogP contribution in [0.3, 0.4) is 0 Å². The van der Waals surface area contributed by atoms with Crippen LogP contribution in [0, 0.1) is 0 Å². The molecule has 0 aliphatic rings. The number of carbonyl (C=O) groups is 1. The van der Waals surface area contributed by atoms with E-state index in [0.717, 1.165) is 0 Å². The first-order valence-electron chi connectivity index (χ1n) is 1.67. The van der Waals surface area contributed by atoms with Gasteiger partial charge in [-0.1, -0.05) is 0 Å². The zero-order valence-corrected chi connectivity index (χ0v) is 4.96. The maximum Gasteiger partial charge on any atom is 1.00 e. The van der Waals surface area contributed by atoms with Crippen LogP contribution in [-0.4, -0.2) is 28.1 Å². The van der Waals surface area contributed by atoms with Crippen LogP contribution in [0.5, 0.6) is 0 Å². The van der Waals surface area contributed by atoms with Crippen molar-refractivity contribution in [2.24, 2.45) is 0 Å². The molecular weight excluding hydrogens is 107 g/mol. The van der Waals surface area contributed by atoms with Gasteiger partial charge in [-0.05, 0) is 6.92 Å². The number of aliphatic hydroxyl groups is 1. The maximum absolute atomic E-state index is 8.56. The Labute approximate surface area is 60.8 Å². The van der Waals surface area contributed by atoms with Gasteiger partial charge in [0.05, 0.1) is 0 Å². The summed E-state index contributed by atoms with van der Waals surface area (Å²) in [6.07, 6.45) is -1.83. The van der Waals surface area contributed by atoms with Crippen molar-refractivity contribution in [1.82, 2.24) is 0 Å². The van der Waals surface area contributed by atoms with Crippen molar-refractivity contribution in [2.45, 2.75) is 6.92 Å². The minimum atomic E-state index is -1.83. The molecule has 46 valence electrons. The second-order valence-corrected chi connectivity index (χ2v) is 0.599. The summed E-state index contributed by atoms with van der Waals surface area (Å²) in [5.41, 5.74) is 0. The Balaban J connectivity index is -0.0000000233. The molecule has 0 bridgehead atoms. The summed E-state index contributed by atoms with van der Waals surface area (Å²) in [4.78, 5) is 8.56. The largest absolute Gasteiger partial charge is 1.00 e. The second-order valence-electron chi connectivity index (χ2n) is 0.599. The molecular formula is C3H9LiO4. The first-order valence-corrected chi connectivity index (χ1v) is 1.67. The van der Waals surface area contributed by atoms with Crippen molar-refractivity contribution in [2.75, 3.05) is 6.61 Å². The molecule has 0 aliphatic heterocycles. The van der Waals surface area contributed by atoms with Crippen LogP contribution in [-0.2, 0) is 0 Å². The van der Waals surface area contributed by atoms with Gasteiger partial charge in [0.1, 0.15) is 0 Å². The molecule has 0 unspecified atom stereocenters. The van der Waals surface area contributed by atoms with E-state index in [1.807, 2.05) is 0 Å². The Morgan fingerprint density at radius 1 is 1.62 bits per heavy atom. The fraction of sp³-hybridized carbons (Fsp3) is 0.667. The van der Waals surface area contributed by atoms with Gasteiger partial charge in [-0.3, -0.25) is 0 Å². The molecule has 0 aliphatic carbocycles. The van der Waals surface area contributed by atoms with Gasteiger partial charge in [-0.15, -0.1) is 0 Å². The molecule has 0 radical (unpaired) electrons. The van der Waals surface area contributed by atoms with Crippen molar-refractivity contribution < 1.29 is 40.4 Å². The standard InChI is InChI=1S/C2H6O.CH2O3.Li.H/c1-2-3;2-1(3)4;;/h3H,2H2,1H3;(H2,2,3,4);;/q;;+1;-1. The summed E-state index contributed by atoms with van der Waals surface area (Å²) >= 11 is 0. The number of carboxylic acid groups (broad SMARTS) is 2. The van der Waals surface area contributed by atoms with Crippen LogP contribution >= 0.6 is 0 Å². The first kappa shape index (κ1) is 15.7. The molecule has 0 atom stereocenters. The van der Waals surface area contributed by atoms with Crippen molar-refractivity contribution >= 4 is 6.16 Å². The topological polar surface area (TPSA) is 77.8 Å². The summed E-state index contributed by atoms with van der Waals surface area (Å²) in [5, 5.41) is 21.5. The molecule has 0 fully saturated rings. The maximum atomic E-state index is 8.56. The quantitative estimate of drug-likeness (QED) is 0.302. The van der Waals surface area contributed by atoms with Crippen LogP contribution in [0.4, 0.5) is 4.79 Å². The van der Waals surface area contributed by atoms with Crippen LogP contribution in [0.25, 0.3) is 0 Å². The van der Waals surface area contributed by atoms with E-state index in [9.17, 15) is 0 Å². The molecule has 4 nitrogen and oxygen atoms in total. The van der Waals surface area contributed by atoms with Gasteiger partial charge in [0.2, 0.25) is 0 Å². The molecule has 8 heavy (non-hydrogen) atoms. The average molecular weight is 116 g/mol. The predicted octanol–water partition coefficient (Wildman–Crippen LogP) is -2.66. The van der Waals surface area contributed by atoms with Crippen molar-refractivity contribution in [3.63, 3.8) is 0 Å². The Bertz CT molecular complexity index is 47.1. The van der Waals surface area contributed by atoms with Gasteiger partial charge >= 0.3 is 25.0 Å². The van der Waals surface area contributed by atoms with E-state index >= 15 is 0 Å². The Hall–Kier alpha value is -0.173. The zero-order chi connectivity index (χ0) is 6.28. The summed E-state index contributed by atoms with van der Waals surface area (Å²) in [5.74, 6) is 0. The van der Waals surface area contributed by atoms with E-state index in [0.29, 0.717) is 0 Å². The third-order valence-corrected chi connectivity index (χ3v) is 0. The predicted molar refractivity (Wildman–Crippen MR) is 24.5 cm³/mol. The van der Waals surface area contributed by atoms with Crippen molar-refractivity contribution in [1.29, 1.82) is 0 Å². The second kappa shape index (κ2) is 15.8. The van der Waals surface area contributed by atoms with Gasteiger partial charge in [-0.25, -0.2) is 4.79 Å². The molecule has 0 aromatic heterocycles. The summed E-state index contributed by atoms with van der Waals surface area (Å²) in [6, 6.07) is 0. The summed E-state index contributed by atoms with van der Waals surface area (Å²) in [7, 11) is 0. The number of aliphatic hydroxyl groups excluding tert-OH is 1. The van der Waals surface area contributed by atoms with E-state index in [1.54, 1.807) is 6.92 Å². The summed E-state index contributed by atoms with van der Waals surface area (Å²) in [6.45, 7) is 1.93. The smallest absolute Gasteiger partial charge is 1.00 e. The average Bonchev–Trinajstić information content (AvgIpc) is 1.33. The molecule has 0 amide bonds. The fourth-order valence-corrected chi connectivity index (χ4v) is 0.